The van der Waals surface area contributed by atoms with Crippen LogP contribution in [0.5, 0.6) is 0 Å². The Bertz CT molecular complexity index is 685. The summed E-state index contributed by atoms with van der Waals surface area (Å²) in [6.07, 6.45) is 1.60. The van der Waals surface area contributed by atoms with Crippen molar-refractivity contribution < 1.29 is 18.0 Å². The summed E-state index contributed by atoms with van der Waals surface area (Å²) in [5, 5.41) is 2.79. The fourth-order valence-corrected chi connectivity index (χ4v) is 5.59. The van der Waals surface area contributed by atoms with E-state index in [-0.39, 0.29) is 11.0 Å². The zero-order valence-corrected chi connectivity index (χ0v) is 13.7. The molecule has 5 heteroatoms. The summed E-state index contributed by atoms with van der Waals surface area (Å²) in [6, 6.07) is 5.00. The van der Waals surface area contributed by atoms with Gasteiger partial charge in [-0.25, -0.2) is 0 Å². The third kappa shape index (κ3) is 2.62. The van der Waals surface area contributed by atoms with Crippen molar-refractivity contribution in [3.8, 4) is 0 Å². The molecule has 3 fully saturated rings. The van der Waals surface area contributed by atoms with E-state index >= 15 is 0 Å². The van der Waals surface area contributed by atoms with Crippen LogP contribution in [0.25, 0.3) is 0 Å². The molecule has 24 heavy (non-hydrogen) atoms. The highest BCUT2D eigenvalue weighted by Gasteiger charge is 2.64. The van der Waals surface area contributed by atoms with Crippen molar-refractivity contribution in [3.63, 3.8) is 0 Å². The Hall–Kier alpha value is -1.52. The van der Waals surface area contributed by atoms with E-state index < -0.39 is 17.6 Å². The molecule has 1 aromatic rings. The van der Waals surface area contributed by atoms with Crippen LogP contribution in [0.15, 0.2) is 24.3 Å². The lowest BCUT2D eigenvalue weighted by Crippen LogP contribution is -2.41. The molecule has 0 aromatic heterocycles. The van der Waals surface area contributed by atoms with Gasteiger partial charge in [0.15, 0.2) is 0 Å². The van der Waals surface area contributed by atoms with Gasteiger partial charge in [0, 0.05) is 6.54 Å². The summed E-state index contributed by atoms with van der Waals surface area (Å²) in [7, 11) is 0. The second-order valence-corrected chi connectivity index (χ2v) is 8.49. The first-order valence-electron chi connectivity index (χ1n) is 8.65. The molecule has 1 amide bonds. The van der Waals surface area contributed by atoms with Crippen molar-refractivity contribution in [1.29, 1.82) is 0 Å². The highest BCUT2D eigenvalue weighted by molar-refractivity contribution is 5.95. The Labute approximate surface area is 139 Å². The van der Waals surface area contributed by atoms with E-state index in [1.54, 1.807) is 0 Å². The van der Waals surface area contributed by atoms with E-state index in [0.29, 0.717) is 12.0 Å². The number of carbonyl (C=O) groups is 1. The molecule has 3 saturated carbocycles. The summed E-state index contributed by atoms with van der Waals surface area (Å²) in [4.78, 5) is 12.4. The van der Waals surface area contributed by atoms with Gasteiger partial charge >= 0.3 is 6.18 Å². The first kappa shape index (κ1) is 16.0. The van der Waals surface area contributed by atoms with E-state index in [0.717, 1.165) is 30.7 Å². The summed E-state index contributed by atoms with van der Waals surface area (Å²) in [5.41, 5.74) is -0.643. The van der Waals surface area contributed by atoms with Crippen LogP contribution in [0.3, 0.4) is 0 Å². The molecular weight excluding hydrogens is 315 g/mol. The van der Waals surface area contributed by atoms with Crippen LogP contribution in [0, 0.1) is 22.7 Å². The molecule has 0 heterocycles. The lowest BCUT2D eigenvalue weighted by Gasteiger charge is -2.40. The van der Waals surface area contributed by atoms with E-state index in [9.17, 15) is 18.0 Å². The molecule has 0 radical (unpaired) electrons. The van der Waals surface area contributed by atoms with Crippen LogP contribution in [-0.2, 0) is 6.18 Å². The van der Waals surface area contributed by atoms with Crippen LogP contribution in [0.1, 0.15) is 54.9 Å². The Balaban J connectivity index is 1.46. The summed E-state index contributed by atoms with van der Waals surface area (Å²) >= 11 is 0. The van der Waals surface area contributed by atoms with E-state index in [1.807, 2.05) is 0 Å². The molecule has 4 atom stereocenters. The molecule has 4 unspecified atom stereocenters. The second-order valence-electron chi connectivity index (χ2n) is 8.49. The van der Waals surface area contributed by atoms with Crippen molar-refractivity contribution in [2.24, 2.45) is 22.7 Å². The zero-order valence-electron chi connectivity index (χ0n) is 13.7. The van der Waals surface area contributed by atoms with Crippen LogP contribution < -0.4 is 5.32 Å². The van der Waals surface area contributed by atoms with Gasteiger partial charge in [-0.3, -0.25) is 4.79 Å². The number of carbonyl (C=O) groups excluding carboxylic acids is 1. The number of halogens is 3. The summed E-state index contributed by atoms with van der Waals surface area (Å²) in [6.45, 7) is 2.64. The molecule has 0 aliphatic heterocycles. The first-order chi connectivity index (χ1) is 11.2. The predicted octanol–water partition coefficient (Wildman–Crippen LogP) is 4.65. The van der Waals surface area contributed by atoms with Gasteiger partial charge in [-0.2, -0.15) is 13.2 Å². The third-order valence-corrected chi connectivity index (χ3v) is 6.39. The number of benzene rings is 1. The molecule has 0 saturated heterocycles. The fraction of sp³-hybridized carbons (Fsp3) is 0.632. The number of alkyl halides is 3. The van der Waals surface area contributed by atoms with Crippen molar-refractivity contribution >= 4 is 5.91 Å². The van der Waals surface area contributed by atoms with Crippen LogP contribution in [0.2, 0.25) is 0 Å². The van der Waals surface area contributed by atoms with Gasteiger partial charge in [-0.15, -0.1) is 0 Å². The van der Waals surface area contributed by atoms with Crippen LogP contribution in [0.4, 0.5) is 13.2 Å². The van der Waals surface area contributed by atoms with Gasteiger partial charge in [0.05, 0.1) is 11.1 Å². The second kappa shape index (κ2) is 4.99. The predicted molar refractivity (Wildman–Crippen MR) is 84.4 cm³/mol. The number of fused-ring (bicyclic) bond motifs is 1. The Kier molecular flexibility index (Phi) is 3.32. The largest absolute Gasteiger partial charge is 0.417 e. The molecular formula is C19H22F3NO. The minimum Gasteiger partial charge on any atom is -0.351 e. The topological polar surface area (TPSA) is 29.1 Å². The van der Waals surface area contributed by atoms with Crippen molar-refractivity contribution in [3.05, 3.63) is 35.4 Å². The quantitative estimate of drug-likeness (QED) is 0.854. The van der Waals surface area contributed by atoms with Crippen molar-refractivity contribution in [1.82, 2.24) is 5.32 Å². The van der Waals surface area contributed by atoms with Crippen LogP contribution >= 0.6 is 0 Å². The van der Waals surface area contributed by atoms with Crippen molar-refractivity contribution in [2.75, 3.05) is 6.54 Å². The van der Waals surface area contributed by atoms with Gasteiger partial charge in [-0.05, 0) is 66.9 Å². The number of amides is 1. The normalized spacial score (nSPS) is 37.0. The molecule has 2 bridgehead atoms. The minimum absolute atomic E-state index is 0.0109. The monoisotopic (exact) mass is 337 g/mol. The summed E-state index contributed by atoms with van der Waals surface area (Å²) in [5.74, 6) is 0.986. The molecule has 2 nitrogen and oxygen atoms in total. The average Bonchev–Trinajstić information content (AvgIpc) is 3.05. The van der Waals surface area contributed by atoms with E-state index in [2.05, 4.69) is 12.2 Å². The average molecular weight is 337 g/mol. The van der Waals surface area contributed by atoms with Crippen molar-refractivity contribution in [2.45, 2.75) is 45.2 Å². The molecule has 3 aliphatic rings. The summed E-state index contributed by atoms with van der Waals surface area (Å²) < 4.78 is 39.2. The lowest BCUT2D eigenvalue weighted by molar-refractivity contribution is -0.137. The van der Waals surface area contributed by atoms with Crippen LogP contribution in [-0.4, -0.2) is 12.5 Å². The van der Waals surface area contributed by atoms with E-state index in [1.165, 1.54) is 37.5 Å². The highest BCUT2D eigenvalue weighted by atomic mass is 19.4. The molecule has 3 aliphatic carbocycles. The van der Waals surface area contributed by atoms with Gasteiger partial charge < -0.3 is 5.32 Å². The smallest absolute Gasteiger partial charge is 0.351 e. The molecule has 1 N–H and O–H groups in total. The standard InChI is InChI=1S/C19H22F3NO/c1-17(7-12-6-13-9-18(13,8-12)10-17)11-23-16(24)14-4-2-3-5-15(14)19(20,21)22/h2-5,12-13H,6-11H2,1H3,(H,23,24). The van der Waals surface area contributed by atoms with Gasteiger partial charge in [-0.1, -0.05) is 19.1 Å². The Morgan fingerprint density at radius 3 is 2.71 bits per heavy atom. The number of nitrogens with one attached hydrogen (secondary N) is 1. The maximum Gasteiger partial charge on any atom is 0.417 e. The first-order valence-corrected chi connectivity index (χ1v) is 8.65. The van der Waals surface area contributed by atoms with Gasteiger partial charge in [0.1, 0.15) is 0 Å². The molecule has 4 rings (SSSR count). The number of hydrogen-bond acceptors (Lipinski definition) is 1. The van der Waals surface area contributed by atoms with Gasteiger partial charge in [0.2, 0.25) is 0 Å². The maximum atomic E-state index is 13.1. The maximum absolute atomic E-state index is 13.1. The lowest BCUT2D eigenvalue weighted by atomic mass is 9.67. The molecule has 1 aromatic carbocycles. The zero-order chi connectivity index (χ0) is 17.2. The Morgan fingerprint density at radius 2 is 2.00 bits per heavy atom. The third-order valence-electron chi connectivity index (χ3n) is 6.39. The SMILES string of the molecule is CC1(CNC(=O)c2ccccc2C(F)(F)F)CC2CC3CC3(C2)C1. The minimum atomic E-state index is -4.51. The fourth-order valence-electron chi connectivity index (χ4n) is 5.59. The number of hydrogen-bond donors (Lipinski definition) is 1. The molecule has 1 spiro atoms. The van der Waals surface area contributed by atoms with E-state index in [4.69, 9.17) is 0 Å². The van der Waals surface area contributed by atoms with Gasteiger partial charge in [0.25, 0.3) is 5.91 Å². The Morgan fingerprint density at radius 1 is 1.25 bits per heavy atom. The molecule has 130 valence electrons. The number of rotatable bonds is 3. The highest BCUT2D eigenvalue weighted by Crippen LogP contribution is 2.73.